The number of aromatic nitrogens is 2. The zero-order valence-corrected chi connectivity index (χ0v) is 18.3. The van der Waals surface area contributed by atoms with Gasteiger partial charge in [0, 0.05) is 0 Å². The second-order valence-corrected chi connectivity index (χ2v) is 7.26. The molecule has 1 heterocycles. The number of hydrogen-bond acceptors (Lipinski definition) is 6. The third-order valence-electron chi connectivity index (χ3n) is 5.11. The SMILES string of the molecule is COC(=O)c1cc(C(=O)OC)cc(-n2c(C=Cc3ccc(F)cc3)nc3ccccc3c2=O)c1. The third-order valence-corrected chi connectivity index (χ3v) is 5.11. The van der Waals surface area contributed by atoms with E-state index in [0.29, 0.717) is 16.5 Å². The van der Waals surface area contributed by atoms with Crippen LogP contribution in [-0.2, 0) is 9.47 Å². The Balaban J connectivity index is 1.99. The van der Waals surface area contributed by atoms with Crippen LogP contribution in [0.15, 0.2) is 71.5 Å². The normalized spacial score (nSPS) is 11.0. The summed E-state index contributed by atoms with van der Waals surface area (Å²) in [4.78, 5) is 42.6. The second-order valence-electron chi connectivity index (χ2n) is 7.26. The molecule has 3 aromatic carbocycles. The van der Waals surface area contributed by atoms with Crippen LogP contribution in [-0.4, -0.2) is 35.7 Å². The van der Waals surface area contributed by atoms with Crippen LogP contribution in [0.5, 0.6) is 0 Å². The average molecular weight is 458 g/mol. The van der Waals surface area contributed by atoms with E-state index in [-0.39, 0.29) is 28.5 Å². The summed E-state index contributed by atoms with van der Waals surface area (Å²) in [5, 5.41) is 0.351. The van der Waals surface area contributed by atoms with Gasteiger partial charge in [-0.05, 0) is 54.1 Å². The van der Waals surface area contributed by atoms with Gasteiger partial charge in [0.25, 0.3) is 5.56 Å². The fourth-order valence-corrected chi connectivity index (χ4v) is 3.47. The molecule has 0 atom stereocenters. The highest BCUT2D eigenvalue weighted by atomic mass is 19.1. The van der Waals surface area contributed by atoms with E-state index in [1.807, 2.05) is 0 Å². The molecule has 4 rings (SSSR count). The standard InChI is InChI=1S/C26H19FN2O5/c1-33-25(31)17-13-18(26(32)34-2)15-20(14-17)29-23(12-9-16-7-10-19(27)11-8-16)28-22-6-4-3-5-21(22)24(29)30/h3-15H,1-2H3. The van der Waals surface area contributed by atoms with Crippen LogP contribution in [0.3, 0.4) is 0 Å². The molecule has 8 heteroatoms. The molecular weight excluding hydrogens is 439 g/mol. The smallest absolute Gasteiger partial charge is 0.337 e. The summed E-state index contributed by atoms with van der Waals surface area (Å²) in [6.45, 7) is 0. The van der Waals surface area contributed by atoms with Crippen LogP contribution in [0.4, 0.5) is 4.39 Å². The van der Waals surface area contributed by atoms with E-state index in [4.69, 9.17) is 9.47 Å². The summed E-state index contributed by atoms with van der Waals surface area (Å²) >= 11 is 0. The van der Waals surface area contributed by atoms with Crippen LogP contribution in [0.1, 0.15) is 32.1 Å². The van der Waals surface area contributed by atoms with Crippen molar-refractivity contribution in [1.29, 1.82) is 0 Å². The van der Waals surface area contributed by atoms with Gasteiger partial charge in [0.1, 0.15) is 11.6 Å². The number of benzene rings is 3. The van der Waals surface area contributed by atoms with Gasteiger partial charge >= 0.3 is 11.9 Å². The highest BCUT2D eigenvalue weighted by Gasteiger charge is 2.18. The Labute approximate surface area is 193 Å². The minimum Gasteiger partial charge on any atom is -0.465 e. The lowest BCUT2D eigenvalue weighted by atomic mass is 10.1. The van der Waals surface area contributed by atoms with Crippen molar-refractivity contribution in [2.75, 3.05) is 14.2 Å². The van der Waals surface area contributed by atoms with Crippen LogP contribution >= 0.6 is 0 Å². The summed E-state index contributed by atoms with van der Waals surface area (Å²) < 4.78 is 24.2. The monoisotopic (exact) mass is 458 g/mol. The fourth-order valence-electron chi connectivity index (χ4n) is 3.47. The maximum Gasteiger partial charge on any atom is 0.337 e. The maximum absolute atomic E-state index is 13.5. The number of ether oxygens (including phenoxy) is 2. The van der Waals surface area contributed by atoms with Gasteiger partial charge in [-0.15, -0.1) is 0 Å². The van der Waals surface area contributed by atoms with Crippen molar-refractivity contribution in [3.8, 4) is 5.69 Å². The minimum atomic E-state index is -0.683. The predicted molar refractivity (Wildman–Crippen MR) is 125 cm³/mol. The van der Waals surface area contributed by atoms with E-state index in [2.05, 4.69) is 4.98 Å². The molecule has 0 spiro atoms. The average Bonchev–Trinajstić information content (AvgIpc) is 2.87. The number of fused-ring (bicyclic) bond motifs is 1. The molecule has 0 aliphatic rings. The Hall–Kier alpha value is -4.59. The zero-order valence-electron chi connectivity index (χ0n) is 18.3. The van der Waals surface area contributed by atoms with Crippen LogP contribution in [0, 0.1) is 5.82 Å². The van der Waals surface area contributed by atoms with Crippen molar-refractivity contribution in [1.82, 2.24) is 9.55 Å². The van der Waals surface area contributed by atoms with Crippen molar-refractivity contribution in [3.05, 3.63) is 105 Å². The Morgan fingerprint density at radius 3 is 2.12 bits per heavy atom. The number of rotatable bonds is 5. The first-order valence-electron chi connectivity index (χ1n) is 10.2. The van der Waals surface area contributed by atoms with Crippen LogP contribution < -0.4 is 5.56 Å². The molecule has 1 aromatic heterocycles. The summed E-state index contributed by atoms with van der Waals surface area (Å²) in [6.07, 6.45) is 3.28. The fraction of sp³-hybridized carbons (Fsp3) is 0.0769. The minimum absolute atomic E-state index is 0.0638. The maximum atomic E-state index is 13.5. The quantitative estimate of drug-likeness (QED) is 0.415. The summed E-state index contributed by atoms with van der Waals surface area (Å²) in [5.74, 6) is -1.49. The highest BCUT2D eigenvalue weighted by Crippen LogP contribution is 2.20. The molecule has 0 radical (unpaired) electrons. The van der Waals surface area contributed by atoms with Crippen molar-refractivity contribution in [2.24, 2.45) is 0 Å². The van der Waals surface area contributed by atoms with E-state index >= 15 is 0 Å². The molecule has 0 bridgehead atoms. The summed E-state index contributed by atoms with van der Waals surface area (Å²) in [5.41, 5.74) is 1.11. The molecule has 34 heavy (non-hydrogen) atoms. The lowest BCUT2D eigenvalue weighted by molar-refractivity contribution is 0.0599. The first-order valence-corrected chi connectivity index (χ1v) is 10.2. The lowest BCUT2D eigenvalue weighted by Gasteiger charge is -2.14. The van der Waals surface area contributed by atoms with Gasteiger partial charge in [0.05, 0.1) is 41.9 Å². The Morgan fingerprint density at radius 2 is 1.50 bits per heavy atom. The number of methoxy groups -OCH3 is 2. The Kier molecular flexibility index (Phi) is 6.31. The largest absolute Gasteiger partial charge is 0.465 e. The lowest BCUT2D eigenvalue weighted by Crippen LogP contribution is -2.23. The molecule has 0 aliphatic heterocycles. The van der Waals surface area contributed by atoms with E-state index in [9.17, 15) is 18.8 Å². The first-order chi connectivity index (χ1) is 16.4. The van der Waals surface area contributed by atoms with Crippen LogP contribution in [0.2, 0.25) is 0 Å². The van der Waals surface area contributed by atoms with Crippen molar-refractivity contribution in [2.45, 2.75) is 0 Å². The van der Waals surface area contributed by atoms with Gasteiger partial charge in [0.15, 0.2) is 0 Å². The summed E-state index contributed by atoms with van der Waals surface area (Å²) in [6, 6.07) is 16.8. The van der Waals surface area contributed by atoms with Gasteiger partial charge in [-0.3, -0.25) is 9.36 Å². The van der Waals surface area contributed by atoms with Gasteiger partial charge in [-0.2, -0.15) is 0 Å². The van der Waals surface area contributed by atoms with E-state index < -0.39 is 17.5 Å². The molecule has 0 aliphatic carbocycles. The molecule has 0 fully saturated rings. The number of nitrogens with zero attached hydrogens (tertiary/aromatic N) is 2. The number of para-hydroxylation sites is 1. The molecular formula is C26H19FN2O5. The molecule has 4 aromatic rings. The molecule has 0 saturated heterocycles. The molecule has 7 nitrogen and oxygen atoms in total. The number of halogens is 1. The molecule has 0 unspecified atom stereocenters. The van der Waals surface area contributed by atoms with Crippen LogP contribution in [0.25, 0.3) is 28.7 Å². The predicted octanol–water partition coefficient (Wildman–Crippen LogP) is 4.27. The first kappa shape index (κ1) is 22.6. The van der Waals surface area contributed by atoms with Gasteiger partial charge < -0.3 is 9.47 Å². The number of carbonyl (C=O) groups excluding carboxylic acids is 2. The van der Waals surface area contributed by atoms with E-state index in [0.717, 1.165) is 0 Å². The molecule has 170 valence electrons. The highest BCUT2D eigenvalue weighted by molar-refractivity contribution is 5.96. The topological polar surface area (TPSA) is 87.5 Å². The second kappa shape index (κ2) is 9.50. The van der Waals surface area contributed by atoms with Crippen molar-refractivity contribution < 1.29 is 23.5 Å². The number of esters is 2. The molecule has 0 amide bonds. The van der Waals surface area contributed by atoms with Gasteiger partial charge in [-0.1, -0.05) is 30.3 Å². The summed E-state index contributed by atoms with van der Waals surface area (Å²) in [7, 11) is 2.43. The Bertz CT molecular complexity index is 1460. The number of carbonyl (C=O) groups is 2. The van der Waals surface area contributed by atoms with Gasteiger partial charge in [-0.25, -0.2) is 19.0 Å². The Morgan fingerprint density at radius 1 is 0.882 bits per heavy atom. The zero-order chi connectivity index (χ0) is 24.2. The van der Waals surface area contributed by atoms with Gasteiger partial charge in [0.2, 0.25) is 0 Å². The number of hydrogen-bond donors (Lipinski definition) is 0. The molecule has 0 N–H and O–H groups in total. The van der Waals surface area contributed by atoms with E-state index in [1.54, 1.807) is 48.6 Å². The van der Waals surface area contributed by atoms with Crippen molar-refractivity contribution >= 4 is 35.0 Å². The molecule has 0 saturated carbocycles. The third kappa shape index (κ3) is 4.47. The van der Waals surface area contributed by atoms with E-state index in [1.165, 1.54) is 49.1 Å². The van der Waals surface area contributed by atoms with Crippen molar-refractivity contribution in [3.63, 3.8) is 0 Å².